The molecule has 7 heteroatoms. The lowest BCUT2D eigenvalue weighted by Crippen LogP contribution is -2.50. The van der Waals surface area contributed by atoms with Gasteiger partial charge >= 0.3 is 5.63 Å². The molecule has 156 valence electrons. The third kappa shape index (κ3) is 4.40. The largest absolute Gasteiger partial charge is 0.492 e. The third-order valence-corrected chi connectivity index (χ3v) is 5.10. The SMILES string of the molecule is CCOc1ccccc1N1CCN(C(=O)COc2ccc3ccc(=O)oc3c2)CC1. The van der Waals surface area contributed by atoms with E-state index in [9.17, 15) is 9.59 Å². The van der Waals surface area contributed by atoms with Crippen LogP contribution in [0.5, 0.6) is 11.5 Å². The molecule has 0 bridgehead atoms. The molecule has 1 aliphatic rings. The fraction of sp³-hybridized carbons (Fsp3) is 0.304. The first-order chi connectivity index (χ1) is 14.6. The van der Waals surface area contributed by atoms with Crippen LogP contribution in [-0.4, -0.2) is 50.2 Å². The first-order valence-electron chi connectivity index (χ1n) is 10.1. The van der Waals surface area contributed by atoms with Gasteiger partial charge in [0.25, 0.3) is 5.91 Å². The lowest BCUT2D eigenvalue weighted by Gasteiger charge is -2.36. The van der Waals surface area contributed by atoms with Gasteiger partial charge in [0, 0.05) is 43.7 Å². The number of carbonyl (C=O) groups is 1. The summed E-state index contributed by atoms with van der Waals surface area (Å²) in [7, 11) is 0. The number of hydrogen-bond acceptors (Lipinski definition) is 6. The summed E-state index contributed by atoms with van der Waals surface area (Å²) >= 11 is 0. The van der Waals surface area contributed by atoms with Gasteiger partial charge in [-0.3, -0.25) is 4.79 Å². The first kappa shape index (κ1) is 19.8. The van der Waals surface area contributed by atoms with Crippen molar-refractivity contribution in [3.05, 3.63) is 65.0 Å². The van der Waals surface area contributed by atoms with Crippen LogP contribution in [0.15, 0.2) is 63.8 Å². The first-order valence-corrected chi connectivity index (χ1v) is 10.1. The van der Waals surface area contributed by atoms with E-state index in [1.807, 2.05) is 31.2 Å². The molecule has 4 rings (SSSR count). The summed E-state index contributed by atoms with van der Waals surface area (Å²) in [5, 5.41) is 0.803. The van der Waals surface area contributed by atoms with Crippen LogP contribution in [0.25, 0.3) is 11.0 Å². The van der Waals surface area contributed by atoms with Gasteiger partial charge in [-0.2, -0.15) is 0 Å². The van der Waals surface area contributed by atoms with E-state index in [0.29, 0.717) is 31.0 Å². The molecule has 0 saturated carbocycles. The zero-order valence-electron chi connectivity index (χ0n) is 16.9. The molecule has 1 amide bonds. The van der Waals surface area contributed by atoms with Crippen molar-refractivity contribution >= 4 is 22.6 Å². The Morgan fingerprint density at radius 3 is 2.57 bits per heavy atom. The minimum absolute atomic E-state index is 0.0574. The van der Waals surface area contributed by atoms with Gasteiger partial charge in [-0.25, -0.2) is 4.79 Å². The normalized spacial score (nSPS) is 14.0. The van der Waals surface area contributed by atoms with Crippen LogP contribution < -0.4 is 20.0 Å². The van der Waals surface area contributed by atoms with Gasteiger partial charge in [0.1, 0.15) is 17.1 Å². The molecule has 2 heterocycles. The highest BCUT2D eigenvalue weighted by Gasteiger charge is 2.23. The minimum Gasteiger partial charge on any atom is -0.492 e. The van der Waals surface area contributed by atoms with Crippen LogP contribution in [-0.2, 0) is 4.79 Å². The topological polar surface area (TPSA) is 72.2 Å². The van der Waals surface area contributed by atoms with E-state index in [4.69, 9.17) is 13.9 Å². The number of amides is 1. The van der Waals surface area contributed by atoms with Crippen molar-refractivity contribution < 1.29 is 18.7 Å². The number of para-hydroxylation sites is 2. The molecule has 0 aliphatic carbocycles. The van der Waals surface area contributed by atoms with Crippen molar-refractivity contribution in [2.75, 3.05) is 44.3 Å². The number of piperazine rings is 1. The summed E-state index contributed by atoms with van der Waals surface area (Å²) in [5.41, 5.74) is 1.08. The Hall–Kier alpha value is -3.48. The maximum atomic E-state index is 12.6. The lowest BCUT2D eigenvalue weighted by molar-refractivity contribution is -0.133. The number of rotatable bonds is 6. The Morgan fingerprint density at radius 1 is 1.00 bits per heavy atom. The number of hydrogen-bond donors (Lipinski definition) is 0. The molecular formula is C23H24N2O5. The van der Waals surface area contributed by atoms with Crippen molar-refractivity contribution in [3.63, 3.8) is 0 Å². The van der Waals surface area contributed by atoms with Crippen molar-refractivity contribution in [1.29, 1.82) is 0 Å². The van der Waals surface area contributed by atoms with Gasteiger partial charge < -0.3 is 23.7 Å². The van der Waals surface area contributed by atoms with E-state index in [1.54, 1.807) is 29.2 Å². The fourth-order valence-electron chi connectivity index (χ4n) is 3.56. The highest BCUT2D eigenvalue weighted by Crippen LogP contribution is 2.28. The summed E-state index contributed by atoms with van der Waals surface area (Å²) in [6.45, 7) is 5.23. The number of ether oxygens (including phenoxy) is 2. The Balaban J connectivity index is 1.33. The van der Waals surface area contributed by atoms with Gasteiger partial charge in [0.05, 0.1) is 12.3 Å². The van der Waals surface area contributed by atoms with Crippen molar-refractivity contribution in [2.24, 2.45) is 0 Å². The number of benzene rings is 2. The number of fused-ring (bicyclic) bond motifs is 1. The van der Waals surface area contributed by atoms with E-state index < -0.39 is 5.63 Å². The predicted octanol–water partition coefficient (Wildman–Crippen LogP) is 2.92. The standard InChI is InChI=1S/C23H24N2O5/c1-2-28-20-6-4-3-5-19(20)24-11-13-25(14-12-24)22(26)16-29-18-9-7-17-8-10-23(27)30-21(17)15-18/h3-10,15H,2,11-14,16H2,1H3. The van der Waals surface area contributed by atoms with Crippen LogP contribution in [0.4, 0.5) is 5.69 Å². The molecule has 0 radical (unpaired) electrons. The highest BCUT2D eigenvalue weighted by molar-refractivity contribution is 5.79. The van der Waals surface area contributed by atoms with Gasteiger partial charge in [0.2, 0.25) is 0 Å². The third-order valence-electron chi connectivity index (χ3n) is 5.10. The molecule has 1 aliphatic heterocycles. The molecule has 7 nitrogen and oxygen atoms in total. The van der Waals surface area contributed by atoms with Crippen LogP contribution >= 0.6 is 0 Å². The quantitative estimate of drug-likeness (QED) is 0.584. The average molecular weight is 408 g/mol. The summed E-state index contributed by atoms with van der Waals surface area (Å²) in [4.78, 5) is 28.0. The van der Waals surface area contributed by atoms with Crippen molar-refractivity contribution in [2.45, 2.75) is 6.92 Å². The molecule has 2 aromatic carbocycles. The molecule has 1 aromatic heterocycles. The van der Waals surface area contributed by atoms with E-state index in [1.165, 1.54) is 6.07 Å². The van der Waals surface area contributed by atoms with Gasteiger partial charge in [-0.05, 0) is 37.3 Å². The summed E-state index contributed by atoms with van der Waals surface area (Å²) in [6.07, 6.45) is 0. The molecule has 0 spiro atoms. The van der Waals surface area contributed by atoms with Crippen molar-refractivity contribution in [1.82, 2.24) is 4.90 Å². The van der Waals surface area contributed by atoms with Crippen molar-refractivity contribution in [3.8, 4) is 11.5 Å². The Bertz CT molecular complexity index is 1090. The van der Waals surface area contributed by atoms with Gasteiger partial charge in [0.15, 0.2) is 6.61 Å². The summed E-state index contributed by atoms with van der Waals surface area (Å²) in [5.74, 6) is 1.29. The Morgan fingerprint density at radius 2 is 1.77 bits per heavy atom. The summed E-state index contributed by atoms with van der Waals surface area (Å²) < 4.78 is 16.5. The molecular weight excluding hydrogens is 384 g/mol. The molecule has 3 aromatic rings. The zero-order chi connectivity index (χ0) is 20.9. The average Bonchev–Trinajstić information content (AvgIpc) is 2.78. The Kier molecular flexibility index (Phi) is 5.88. The van der Waals surface area contributed by atoms with Crippen LogP contribution in [0.2, 0.25) is 0 Å². The number of nitrogens with zero attached hydrogens (tertiary/aromatic N) is 2. The van der Waals surface area contributed by atoms with Crippen LogP contribution in [0.3, 0.4) is 0 Å². The molecule has 30 heavy (non-hydrogen) atoms. The molecule has 0 unspecified atom stereocenters. The van der Waals surface area contributed by atoms with Crippen LogP contribution in [0.1, 0.15) is 6.92 Å². The smallest absolute Gasteiger partial charge is 0.336 e. The second-order valence-electron chi connectivity index (χ2n) is 7.01. The molecule has 0 N–H and O–H groups in total. The monoisotopic (exact) mass is 408 g/mol. The maximum Gasteiger partial charge on any atom is 0.336 e. The second kappa shape index (κ2) is 8.90. The Labute approximate surface area is 174 Å². The van der Waals surface area contributed by atoms with Gasteiger partial charge in [-0.15, -0.1) is 0 Å². The van der Waals surface area contributed by atoms with Crippen LogP contribution in [0, 0.1) is 0 Å². The maximum absolute atomic E-state index is 12.6. The van der Waals surface area contributed by atoms with E-state index in [0.717, 1.165) is 29.9 Å². The molecule has 1 saturated heterocycles. The minimum atomic E-state index is -0.417. The van der Waals surface area contributed by atoms with E-state index >= 15 is 0 Å². The van der Waals surface area contributed by atoms with E-state index in [-0.39, 0.29) is 12.5 Å². The van der Waals surface area contributed by atoms with Gasteiger partial charge in [-0.1, -0.05) is 12.1 Å². The fourth-order valence-corrected chi connectivity index (χ4v) is 3.56. The zero-order valence-corrected chi connectivity index (χ0v) is 16.9. The molecule has 0 atom stereocenters. The van der Waals surface area contributed by atoms with E-state index in [2.05, 4.69) is 4.90 Å². The number of anilines is 1. The lowest BCUT2D eigenvalue weighted by atomic mass is 10.2. The highest BCUT2D eigenvalue weighted by atomic mass is 16.5. The predicted molar refractivity (Wildman–Crippen MR) is 114 cm³/mol. The second-order valence-corrected chi connectivity index (χ2v) is 7.01. The number of carbonyl (C=O) groups excluding carboxylic acids is 1. The summed E-state index contributed by atoms with van der Waals surface area (Å²) in [6, 6.07) is 16.2. The molecule has 1 fully saturated rings.